The Morgan fingerprint density at radius 1 is 1.00 bits per heavy atom. The molecule has 1 heterocycles. The van der Waals surface area contributed by atoms with E-state index in [4.69, 9.17) is 28.5 Å². The van der Waals surface area contributed by atoms with Crippen molar-refractivity contribution in [3.8, 4) is 17.2 Å². The van der Waals surface area contributed by atoms with Crippen LogP contribution in [0.4, 0.5) is 4.79 Å². The Bertz CT molecular complexity index is 1890. The Kier molecular flexibility index (Phi) is 16.9. The van der Waals surface area contributed by atoms with Crippen LogP contribution < -0.4 is 9.47 Å². The fourth-order valence-corrected chi connectivity index (χ4v) is 9.66. The van der Waals surface area contributed by atoms with E-state index >= 15 is 0 Å². The molecule has 60 heavy (non-hydrogen) atoms. The average molecular weight is 843 g/mol. The first kappa shape index (κ1) is 45.2. The SMILES string of the molecule is C=CCOC12Oc3ccc(Oc4ccc(SC)cc4)cc3C3C(CCCCO)C(CCCCO)C=C(C(=NOC)CC1N(CCC)C(=O)OCCOCc1ccccc1)C32. The summed E-state index contributed by atoms with van der Waals surface area (Å²) in [5.74, 6) is 0.297. The van der Waals surface area contributed by atoms with Crippen LogP contribution in [0.5, 0.6) is 17.2 Å². The topological polar surface area (TPSA) is 129 Å². The summed E-state index contributed by atoms with van der Waals surface area (Å²) < 4.78 is 32.7. The van der Waals surface area contributed by atoms with Crippen LogP contribution in [-0.2, 0) is 25.7 Å². The van der Waals surface area contributed by atoms with Gasteiger partial charge in [-0.15, -0.1) is 18.3 Å². The van der Waals surface area contributed by atoms with Crippen molar-refractivity contribution in [2.75, 3.05) is 52.9 Å². The molecule has 1 amide bonds. The van der Waals surface area contributed by atoms with Gasteiger partial charge in [0, 0.05) is 42.6 Å². The number of carbonyl (C=O) groups is 1. The maximum absolute atomic E-state index is 14.4. The summed E-state index contributed by atoms with van der Waals surface area (Å²) in [7, 11) is 1.55. The highest BCUT2D eigenvalue weighted by Crippen LogP contribution is 2.62. The second-order valence-corrected chi connectivity index (χ2v) is 16.5. The number of oxime groups is 1. The normalized spacial score (nSPS) is 23.4. The highest BCUT2D eigenvalue weighted by atomic mass is 32.2. The standard InChI is InChI=1S/C48H62N2O9S/c1-5-24-50(47(53)56-29-28-55-33-34-14-8-7-9-15-34)44-32-42(49-54-3)40-30-35(16-10-12-25-51)39(17-11-13-26-52)45-41-31-37(58-36-18-21-38(60-4)22-19-36)20-23-43(41)59-48(44,46(40)45)57-27-6-2/h6-9,14-15,18-23,30-31,35,39,44-46,51-52H,2,5,10-13,16-17,24-29,32-33H2,1,3-4H3. The summed E-state index contributed by atoms with van der Waals surface area (Å²) in [4.78, 5) is 22.8. The molecule has 2 aliphatic carbocycles. The number of carbonyl (C=O) groups excluding carboxylic acids is 1. The van der Waals surface area contributed by atoms with E-state index in [2.05, 4.69) is 23.9 Å². The van der Waals surface area contributed by atoms with Crippen molar-refractivity contribution in [2.45, 2.75) is 87.5 Å². The molecule has 0 bridgehead atoms. The van der Waals surface area contributed by atoms with Crippen LogP contribution in [0.3, 0.4) is 0 Å². The lowest BCUT2D eigenvalue weighted by atomic mass is 9.55. The first-order valence-electron chi connectivity index (χ1n) is 21.4. The highest BCUT2D eigenvalue weighted by Gasteiger charge is 2.65. The maximum atomic E-state index is 14.4. The van der Waals surface area contributed by atoms with Gasteiger partial charge >= 0.3 is 6.09 Å². The number of ether oxygens (including phenoxy) is 5. The number of fused-ring (bicyclic) bond motifs is 2. The average Bonchev–Trinajstić information content (AvgIpc) is 3.27. The van der Waals surface area contributed by atoms with Gasteiger partial charge in [-0.25, -0.2) is 4.79 Å². The molecule has 1 aliphatic heterocycles. The van der Waals surface area contributed by atoms with Gasteiger partial charge in [0.2, 0.25) is 5.79 Å². The summed E-state index contributed by atoms with van der Waals surface area (Å²) in [6, 6.07) is 23.2. The first-order valence-corrected chi connectivity index (χ1v) is 22.6. The number of hydrogen-bond donors (Lipinski definition) is 2. The Morgan fingerprint density at radius 3 is 2.45 bits per heavy atom. The Hall–Kier alpha value is -4.33. The minimum absolute atomic E-state index is 0.0737. The number of nitrogens with zero attached hydrogens (tertiary/aromatic N) is 2. The zero-order valence-electron chi connectivity index (χ0n) is 35.3. The predicted molar refractivity (Wildman–Crippen MR) is 235 cm³/mol. The lowest BCUT2D eigenvalue weighted by Gasteiger charge is -2.59. The largest absolute Gasteiger partial charge is 0.459 e. The molecule has 3 aliphatic rings. The van der Waals surface area contributed by atoms with Crippen molar-refractivity contribution in [3.63, 3.8) is 0 Å². The molecule has 6 rings (SSSR count). The molecule has 324 valence electrons. The third-order valence-corrected chi connectivity index (χ3v) is 12.5. The number of unbranched alkanes of at least 4 members (excludes halogenated alkanes) is 2. The fourth-order valence-electron chi connectivity index (χ4n) is 9.25. The number of hydrogen-bond acceptors (Lipinski definition) is 11. The van der Waals surface area contributed by atoms with Gasteiger partial charge < -0.3 is 38.7 Å². The number of rotatable bonds is 23. The molecular formula is C48H62N2O9S. The summed E-state index contributed by atoms with van der Waals surface area (Å²) in [5.41, 5.74) is 3.72. The molecule has 6 atom stereocenters. The monoisotopic (exact) mass is 842 g/mol. The van der Waals surface area contributed by atoms with Crippen LogP contribution in [0.15, 0.2) is 107 Å². The summed E-state index contributed by atoms with van der Waals surface area (Å²) in [5, 5.41) is 24.4. The smallest absolute Gasteiger partial charge is 0.410 e. The zero-order valence-corrected chi connectivity index (χ0v) is 36.2. The summed E-state index contributed by atoms with van der Waals surface area (Å²) in [6.07, 6.45) is 11.3. The Balaban J connectivity index is 1.45. The minimum Gasteiger partial charge on any atom is -0.459 e. The third-order valence-electron chi connectivity index (χ3n) is 11.8. The van der Waals surface area contributed by atoms with E-state index in [1.54, 1.807) is 29.8 Å². The van der Waals surface area contributed by atoms with E-state index in [0.29, 0.717) is 50.3 Å². The molecule has 11 nitrogen and oxygen atoms in total. The molecule has 0 saturated heterocycles. The van der Waals surface area contributed by atoms with Gasteiger partial charge in [0.1, 0.15) is 37.0 Å². The van der Waals surface area contributed by atoms with Gasteiger partial charge in [-0.05, 0) is 104 Å². The molecule has 0 radical (unpaired) electrons. The molecule has 3 aromatic carbocycles. The summed E-state index contributed by atoms with van der Waals surface area (Å²) >= 11 is 1.68. The molecule has 1 fully saturated rings. The van der Waals surface area contributed by atoms with Crippen LogP contribution in [0.25, 0.3) is 0 Å². The van der Waals surface area contributed by atoms with E-state index < -0.39 is 23.8 Å². The third kappa shape index (κ3) is 10.6. The van der Waals surface area contributed by atoms with Crippen LogP contribution in [0.2, 0.25) is 0 Å². The van der Waals surface area contributed by atoms with Gasteiger partial charge in [0.25, 0.3) is 0 Å². The van der Waals surface area contributed by atoms with Gasteiger partial charge in [0.15, 0.2) is 0 Å². The number of thioether (sulfide) groups is 1. The highest BCUT2D eigenvalue weighted by molar-refractivity contribution is 7.98. The number of amides is 1. The maximum Gasteiger partial charge on any atom is 0.410 e. The van der Waals surface area contributed by atoms with Gasteiger partial charge in [-0.2, -0.15) is 0 Å². The lowest BCUT2D eigenvalue weighted by molar-refractivity contribution is -0.255. The van der Waals surface area contributed by atoms with Crippen LogP contribution >= 0.6 is 11.8 Å². The number of benzene rings is 3. The molecule has 2 N–H and O–H groups in total. The molecule has 0 aromatic heterocycles. The van der Waals surface area contributed by atoms with Gasteiger partial charge in [0.05, 0.1) is 31.5 Å². The van der Waals surface area contributed by atoms with Crippen LogP contribution in [-0.4, -0.2) is 91.7 Å². The number of aliphatic hydroxyl groups is 2. The second kappa shape index (κ2) is 22.5. The van der Waals surface area contributed by atoms with E-state index in [1.807, 2.05) is 79.9 Å². The molecule has 12 heteroatoms. The van der Waals surface area contributed by atoms with Crippen LogP contribution in [0, 0.1) is 17.8 Å². The van der Waals surface area contributed by atoms with E-state index in [9.17, 15) is 15.0 Å². The van der Waals surface area contributed by atoms with Gasteiger partial charge in [-0.3, -0.25) is 4.90 Å². The Labute approximate surface area is 359 Å². The van der Waals surface area contributed by atoms with Crippen molar-refractivity contribution in [1.29, 1.82) is 0 Å². The molecule has 6 unspecified atom stereocenters. The molecule has 0 spiro atoms. The second-order valence-electron chi connectivity index (χ2n) is 15.6. The zero-order chi connectivity index (χ0) is 42.3. The fraction of sp³-hybridized carbons (Fsp3) is 0.500. The van der Waals surface area contributed by atoms with Crippen molar-refractivity contribution < 1.29 is 43.5 Å². The molecular weight excluding hydrogens is 781 g/mol. The molecule has 3 aromatic rings. The van der Waals surface area contributed by atoms with Crippen molar-refractivity contribution in [1.82, 2.24) is 4.90 Å². The first-order chi connectivity index (χ1) is 29.4. The molecule has 1 saturated carbocycles. The van der Waals surface area contributed by atoms with Crippen molar-refractivity contribution in [3.05, 3.63) is 108 Å². The quantitative estimate of drug-likeness (QED) is 0.0412. The van der Waals surface area contributed by atoms with Crippen LogP contribution in [0.1, 0.15) is 75.3 Å². The Morgan fingerprint density at radius 2 is 1.75 bits per heavy atom. The predicted octanol–water partition coefficient (Wildman–Crippen LogP) is 9.53. The number of aliphatic hydroxyl groups excluding tert-OH is 2. The lowest BCUT2D eigenvalue weighted by Crippen LogP contribution is -2.70. The number of allylic oxidation sites excluding steroid dienone is 1. The van der Waals surface area contributed by atoms with Crippen molar-refractivity contribution >= 4 is 23.6 Å². The summed E-state index contributed by atoms with van der Waals surface area (Å²) in [6.45, 7) is 7.56. The van der Waals surface area contributed by atoms with Crippen molar-refractivity contribution in [2.24, 2.45) is 22.9 Å². The minimum atomic E-state index is -1.37. The van der Waals surface area contributed by atoms with Gasteiger partial charge in [-0.1, -0.05) is 67.4 Å². The van der Waals surface area contributed by atoms with E-state index in [0.717, 1.165) is 58.7 Å². The van der Waals surface area contributed by atoms with E-state index in [-0.39, 0.29) is 50.8 Å². The van der Waals surface area contributed by atoms with E-state index in [1.165, 1.54) is 0 Å².